The van der Waals surface area contributed by atoms with Gasteiger partial charge in [-0.25, -0.2) is 4.99 Å². The molecule has 0 fully saturated rings. The van der Waals surface area contributed by atoms with Gasteiger partial charge in [0.05, 0.1) is 6.54 Å². The van der Waals surface area contributed by atoms with Crippen molar-refractivity contribution in [3.05, 3.63) is 41.5 Å². The number of nitrogens with zero attached hydrogens (tertiary/aromatic N) is 4. The molecule has 0 amide bonds. The number of ether oxygens (including phenoxy) is 2. The number of benzene rings is 1. The van der Waals surface area contributed by atoms with Crippen molar-refractivity contribution in [1.82, 2.24) is 20.4 Å². The molecule has 1 aromatic heterocycles. The summed E-state index contributed by atoms with van der Waals surface area (Å²) < 4.78 is 16.5. The molecule has 1 heterocycles. The fourth-order valence-corrected chi connectivity index (χ4v) is 2.47. The minimum Gasteiger partial charge on any atom is -0.492 e. The Morgan fingerprint density at radius 2 is 2.04 bits per heavy atom. The van der Waals surface area contributed by atoms with Gasteiger partial charge in [-0.3, -0.25) is 0 Å². The third-order valence-electron chi connectivity index (χ3n) is 4.04. The first-order valence-electron chi connectivity index (χ1n) is 9.66. The molecule has 0 aliphatic heterocycles. The molecule has 28 heavy (non-hydrogen) atoms. The van der Waals surface area contributed by atoms with Gasteiger partial charge in [-0.1, -0.05) is 22.9 Å². The van der Waals surface area contributed by atoms with Gasteiger partial charge in [0.25, 0.3) is 0 Å². The predicted molar refractivity (Wildman–Crippen MR) is 108 cm³/mol. The Kier molecular flexibility index (Phi) is 8.74. The highest BCUT2D eigenvalue weighted by atomic mass is 16.5. The summed E-state index contributed by atoms with van der Waals surface area (Å²) in [5, 5.41) is 7.22. The monoisotopic (exact) mass is 389 g/mol. The molecule has 8 nitrogen and oxygen atoms in total. The van der Waals surface area contributed by atoms with Gasteiger partial charge in [-0.2, -0.15) is 4.98 Å². The molecule has 0 spiro atoms. The Labute approximate surface area is 166 Å². The summed E-state index contributed by atoms with van der Waals surface area (Å²) in [4.78, 5) is 10.9. The van der Waals surface area contributed by atoms with Crippen molar-refractivity contribution in [3.63, 3.8) is 0 Å². The normalized spacial score (nSPS) is 12.7. The molecule has 1 aromatic carbocycles. The summed E-state index contributed by atoms with van der Waals surface area (Å²) in [6.45, 7) is 10.8. The minimum absolute atomic E-state index is 0.193. The fourth-order valence-electron chi connectivity index (χ4n) is 2.47. The number of aromatic nitrogens is 2. The summed E-state index contributed by atoms with van der Waals surface area (Å²) >= 11 is 0. The van der Waals surface area contributed by atoms with E-state index in [0.717, 1.165) is 18.3 Å². The molecule has 0 saturated heterocycles. The molecule has 8 heteroatoms. The van der Waals surface area contributed by atoms with Gasteiger partial charge in [0.15, 0.2) is 11.8 Å². The SMILES string of the molecule is CCNC(=NCc1nc(C(C)OCC)no1)N(C)CCOc1ccc(C)cc1. The molecule has 1 N–H and O–H groups in total. The zero-order valence-electron chi connectivity index (χ0n) is 17.4. The van der Waals surface area contributed by atoms with Crippen molar-refractivity contribution in [2.24, 2.45) is 4.99 Å². The van der Waals surface area contributed by atoms with Gasteiger partial charge in [-0.15, -0.1) is 0 Å². The second-order valence-electron chi connectivity index (χ2n) is 6.40. The van der Waals surface area contributed by atoms with Crippen LogP contribution in [0.25, 0.3) is 0 Å². The molecule has 1 atom stereocenters. The zero-order valence-corrected chi connectivity index (χ0v) is 17.4. The Morgan fingerprint density at radius 1 is 1.29 bits per heavy atom. The van der Waals surface area contributed by atoms with Crippen LogP contribution in [-0.2, 0) is 11.3 Å². The van der Waals surface area contributed by atoms with Gasteiger partial charge < -0.3 is 24.2 Å². The Hall–Kier alpha value is -2.61. The van der Waals surface area contributed by atoms with Crippen LogP contribution in [0.5, 0.6) is 5.75 Å². The fraction of sp³-hybridized carbons (Fsp3) is 0.550. The number of guanidine groups is 1. The first-order chi connectivity index (χ1) is 13.5. The molecule has 0 aliphatic carbocycles. The number of likely N-dealkylation sites (N-methyl/N-ethyl adjacent to an activating group) is 1. The van der Waals surface area contributed by atoms with Crippen molar-refractivity contribution >= 4 is 5.96 Å². The summed E-state index contributed by atoms with van der Waals surface area (Å²) in [7, 11) is 1.97. The number of nitrogens with one attached hydrogen (secondary N) is 1. The topological polar surface area (TPSA) is 85.0 Å². The van der Waals surface area contributed by atoms with E-state index in [1.807, 2.05) is 57.0 Å². The summed E-state index contributed by atoms with van der Waals surface area (Å²) in [5.74, 6) is 2.62. The quantitative estimate of drug-likeness (QED) is 0.494. The Morgan fingerprint density at radius 3 is 2.71 bits per heavy atom. The van der Waals surface area contributed by atoms with E-state index >= 15 is 0 Å². The van der Waals surface area contributed by atoms with Crippen LogP contribution in [0.15, 0.2) is 33.8 Å². The highest BCUT2D eigenvalue weighted by Crippen LogP contribution is 2.13. The largest absolute Gasteiger partial charge is 0.492 e. The van der Waals surface area contributed by atoms with Crippen molar-refractivity contribution in [2.75, 3.05) is 33.4 Å². The molecular weight excluding hydrogens is 358 g/mol. The molecule has 154 valence electrons. The van der Waals surface area contributed by atoms with Crippen LogP contribution < -0.4 is 10.1 Å². The van der Waals surface area contributed by atoms with Crippen LogP contribution in [0, 0.1) is 6.92 Å². The van der Waals surface area contributed by atoms with E-state index in [9.17, 15) is 0 Å². The van der Waals surface area contributed by atoms with E-state index in [0.29, 0.717) is 38.0 Å². The summed E-state index contributed by atoms with van der Waals surface area (Å²) in [5.41, 5.74) is 1.21. The minimum atomic E-state index is -0.193. The smallest absolute Gasteiger partial charge is 0.248 e. The second kappa shape index (κ2) is 11.3. The van der Waals surface area contributed by atoms with Gasteiger partial charge >= 0.3 is 0 Å². The lowest BCUT2D eigenvalue weighted by atomic mass is 10.2. The highest BCUT2D eigenvalue weighted by molar-refractivity contribution is 5.79. The van der Waals surface area contributed by atoms with Crippen molar-refractivity contribution in [2.45, 2.75) is 40.3 Å². The zero-order chi connectivity index (χ0) is 20.4. The first kappa shape index (κ1) is 21.7. The number of hydrogen-bond donors (Lipinski definition) is 1. The predicted octanol–water partition coefficient (Wildman–Crippen LogP) is 2.95. The molecule has 1 unspecified atom stereocenters. The maximum atomic E-state index is 5.80. The number of rotatable bonds is 10. The summed E-state index contributed by atoms with van der Waals surface area (Å²) in [6.07, 6.45) is -0.193. The molecular formula is C20H31N5O3. The highest BCUT2D eigenvalue weighted by Gasteiger charge is 2.14. The average Bonchev–Trinajstić information content (AvgIpc) is 3.16. The van der Waals surface area contributed by atoms with E-state index in [1.54, 1.807) is 0 Å². The molecule has 0 radical (unpaired) electrons. The van der Waals surface area contributed by atoms with Crippen LogP contribution in [-0.4, -0.2) is 54.4 Å². The first-order valence-corrected chi connectivity index (χ1v) is 9.66. The Bertz CT molecular complexity index is 730. The van der Waals surface area contributed by atoms with Crippen LogP contribution in [0.3, 0.4) is 0 Å². The van der Waals surface area contributed by atoms with Gasteiger partial charge in [0.1, 0.15) is 25.0 Å². The summed E-state index contributed by atoms with van der Waals surface area (Å²) in [6, 6.07) is 8.03. The van der Waals surface area contributed by atoms with E-state index in [2.05, 4.69) is 27.4 Å². The molecule has 2 rings (SSSR count). The van der Waals surface area contributed by atoms with Crippen LogP contribution in [0.1, 0.15) is 44.2 Å². The number of hydrogen-bond acceptors (Lipinski definition) is 6. The third kappa shape index (κ3) is 6.84. The Balaban J connectivity index is 1.88. The second-order valence-corrected chi connectivity index (χ2v) is 6.40. The number of aliphatic imine (C=N–C) groups is 1. The third-order valence-corrected chi connectivity index (χ3v) is 4.04. The van der Waals surface area contributed by atoms with E-state index in [1.165, 1.54) is 5.56 Å². The van der Waals surface area contributed by atoms with E-state index in [4.69, 9.17) is 14.0 Å². The maximum absolute atomic E-state index is 5.80. The van der Waals surface area contributed by atoms with Gasteiger partial charge in [0, 0.05) is 20.2 Å². The lowest BCUT2D eigenvalue weighted by Gasteiger charge is -2.22. The van der Waals surface area contributed by atoms with E-state index in [-0.39, 0.29) is 6.10 Å². The van der Waals surface area contributed by atoms with Crippen LogP contribution >= 0.6 is 0 Å². The molecule has 0 saturated carbocycles. The lowest BCUT2D eigenvalue weighted by molar-refractivity contribution is 0.0683. The van der Waals surface area contributed by atoms with Gasteiger partial charge in [-0.05, 0) is 39.8 Å². The lowest BCUT2D eigenvalue weighted by Crippen LogP contribution is -2.40. The maximum Gasteiger partial charge on any atom is 0.248 e. The van der Waals surface area contributed by atoms with Crippen LogP contribution in [0.4, 0.5) is 0 Å². The van der Waals surface area contributed by atoms with E-state index < -0.39 is 0 Å². The van der Waals surface area contributed by atoms with Crippen molar-refractivity contribution < 1.29 is 14.0 Å². The molecule has 0 aliphatic rings. The van der Waals surface area contributed by atoms with Crippen molar-refractivity contribution in [3.8, 4) is 5.75 Å². The standard InChI is InChI=1S/C20H31N5O3/c1-6-21-20(22-14-18-23-19(24-28-18)16(4)26-7-2)25(5)12-13-27-17-10-8-15(3)9-11-17/h8-11,16H,6-7,12-14H2,1-5H3,(H,21,22). The number of aryl methyl sites for hydroxylation is 1. The van der Waals surface area contributed by atoms with Crippen molar-refractivity contribution in [1.29, 1.82) is 0 Å². The average molecular weight is 390 g/mol. The molecule has 2 aromatic rings. The van der Waals surface area contributed by atoms with Gasteiger partial charge in [0.2, 0.25) is 5.89 Å². The van der Waals surface area contributed by atoms with Crippen LogP contribution in [0.2, 0.25) is 0 Å². The molecule has 0 bridgehead atoms.